The summed E-state index contributed by atoms with van der Waals surface area (Å²) in [6.07, 6.45) is 1.74. The number of para-hydroxylation sites is 1. The van der Waals surface area contributed by atoms with E-state index in [1.54, 1.807) is 23.7 Å². The number of nitrogens with zero attached hydrogens (tertiary/aromatic N) is 4. The maximum Gasteiger partial charge on any atom is 0.254 e. The molecule has 0 saturated carbocycles. The number of hydrogen-bond donors (Lipinski definition) is 1. The maximum atomic E-state index is 13.1. The van der Waals surface area contributed by atoms with E-state index in [-0.39, 0.29) is 30.6 Å². The van der Waals surface area contributed by atoms with Crippen molar-refractivity contribution in [2.45, 2.75) is 13.3 Å². The zero-order valence-electron chi connectivity index (χ0n) is 18.0. The van der Waals surface area contributed by atoms with Gasteiger partial charge in [-0.15, -0.1) is 0 Å². The highest BCUT2D eigenvalue weighted by molar-refractivity contribution is 5.95. The van der Waals surface area contributed by atoms with Crippen LogP contribution in [0.5, 0.6) is 0 Å². The minimum atomic E-state index is -0.331. The fraction of sp³-hybridized carbons (Fsp3) is 0.292. The third-order valence-electron chi connectivity index (χ3n) is 5.70. The molecular weight excluding hydrogens is 409 g/mol. The minimum absolute atomic E-state index is 0.0386. The van der Waals surface area contributed by atoms with Gasteiger partial charge in [0.25, 0.3) is 5.91 Å². The number of piperazine rings is 1. The summed E-state index contributed by atoms with van der Waals surface area (Å²) in [5.74, 6) is -0.572. The van der Waals surface area contributed by atoms with Crippen molar-refractivity contribution in [1.82, 2.24) is 20.0 Å². The molecule has 1 aromatic heterocycles. The molecule has 1 N–H and O–H groups in total. The maximum absolute atomic E-state index is 13.1. The topological polar surface area (TPSA) is 70.5 Å². The van der Waals surface area contributed by atoms with Crippen molar-refractivity contribution in [3.05, 3.63) is 77.9 Å². The molecule has 2 heterocycles. The Balaban J connectivity index is 1.25. The van der Waals surface area contributed by atoms with Crippen LogP contribution in [0.1, 0.15) is 22.5 Å². The largest absolute Gasteiger partial charge is 0.368 e. The van der Waals surface area contributed by atoms with E-state index < -0.39 is 0 Å². The molecule has 0 aliphatic carbocycles. The normalized spacial score (nSPS) is 13.8. The second-order valence-corrected chi connectivity index (χ2v) is 7.74. The third-order valence-corrected chi connectivity index (χ3v) is 5.70. The Morgan fingerprint density at radius 3 is 2.34 bits per heavy atom. The molecular formula is C24H26FN5O2. The number of benzene rings is 2. The van der Waals surface area contributed by atoms with Gasteiger partial charge in [0, 0.05) is 44.8 Å². The number of carbonyl (C=O) groups excluding carboxylic acids is 2. The third kappa shape index (κ3) is 4.80. The van der Waals surface area contributed by atoms with Crippen molar-refractivity contribution in [2.24, 2.45) is 0 Å². The van der Waals surface area contributed by atoms with Gasteiger partial charge in [0.2, 0.25) is 5.91 Å². The highest BCUT2D eigenvalue weighted by Crippen LogP contribution is 2.16. The first-order chi connectivity index (χ1) is 15.5. The van der Waals surface area contributed by atoms with E-state index in [4.69, 9.17) is 0 Å². The summed E-state index contributed by atoms with van der Waals surface area (Å²) in [6, 6.07) is 16.1. The van der Waals surface area contributed by atoms with Gasteiger partial charge in [-0.1, -0.05) is 18.2 Å². The molecule has 166 valence electrons. The zero-order chi connectivity index (χ0) is 22.5. The van der Waals surface area contributed by atoms with Gasteiger partial charge in [0.05, 0.1) is 23.1 Å². The predicted molar refractivity (Wildman–Crippen MR) is 120 cm³/mol. The molecule has 1 aliphatic rings. The summed E-state index contributed by atoms with van der Waals surface area (Å²) >= 11 is 0. The standard InChI is InChI=1S/C24H26FN5O2/c1-18-22(17-27-30(18)21-9-7-19(25)8-10-21)24(32)26-12-11-23(31)29-15-13-28(14-16-29)20-5-3-2-4-6-20/h2-10,17H,11-16H2,1H3,(H,26,32). The van der Waals surface area contributed by atoms with Crippen molar-refractivity contribution in [1.29, 1.82) is 0 Å². The van der Waals surface area contributed by atoms with Gasteiger partial charge < -0.3 is 15.1 Å². The van der Waals surface area contributed by atoms with Crippen molar-refractivity contribution in [3.8, 4) is 5.69 Å². The summed E-state index contributed by atoms with van der Waals surface area (Å²) < 4.78 is 14.7. The number of nitrogens with one attached hydrogen (secondary N) is 1. The van der Waals surface area contributed by atoms with Gasteiger partial charge in [0.1, 0.15) is 5.82 Å². The first kappa shape index (κ1) is 21.5. The lowest BCUT2D eigenvalue weighted by atomic mass is 10.2. The highest BCUT2D eigenvalue weighted by Gasteiger charge is 2.21. The Bertz CT molecular complexity index is 1070. The zero-order valence-corrected chi connectivity index (χ0v) is 18.0. The van der Waals surface area contributed by atoms with E-state index in [1.807, 2.05) is 23.1 Å². The quantitative estimate of drug-likeness (QED) is 0.647. The second-order valence-electron chi connectivity index (χ2n) is 7.74. The molecule has 1 fully saturated rings. The molecule has 32 heavy (non-hydrogen) atoms. The summed E-state index contributed by atoms with van der Waals surface area (Å²) in [5, 5.41) is 7.05. The molecule has 1 aliphatic heterocycles. The minimum Gasteiger partial charge on any atom is -0.368 e. The van der Waals surface area contributed by atoms with Crippen LogP contribution in [-0.4, -0.2) is 59.2 Å². The van der Waals surface area contributed by atoms with Crippen LogP contribution in [0, 0.1) is 12.7 Å². The summed E-state index contributed by atoms with van der Waals surface area (Å²) in [4.78, 5) is 29.2. The molecule has 1 saturated heterocycles. The molecule has 0 spiro atoms. The Hall–Kier alpha value is -3.68. The molecule has 0 radical (unpaired) electrons. The van der Waals surface area contributed by atoms with Crippen LogP contribution in [0.25, 0.3) is 5.69 Å². The first-order valence-corrected chi connectivity index (χ1v) is 10.7. The molecule has 8 heteroatoms. The van der Waals surface area contributed by atoms with Gasteiger partial charge in [0.15, 0.2) is 0 Å². The molecule has 2 aromatic carbocycles. The van der Waals surface area contributed by atoms with Gasteiger partial charge in [-0.25, -0.2) is 9.07 Å². The molecule has 0 bridgehead atoms. The Kier molecular flexibility index (Phi) is 6.49. The molecule has 0 atom stereocenters. The van der Waals surface area contributed by atoms with Crippen molar-refractivity contribution >= 4 is 17.5 Å². The lowest BCUT2D eigenvalue weighted by molar-refractivity contribution is -0.131. The van der Waals surface area contributed by atoms with Crippen LogP contribution in [0.15, 0.2) is 60.8 Å². The Labute approximate surface area is 186 Å². The van der Waals surface area contributed by atoms with Crippen LogP contribution in [0.2, 0.25) is 0 Å². The second kappa shape index (κ2) is 9.64. The average Bonchev–Trinajstić information content (AvgIpc) is 3.21. The van der Waals surface area contributed by atoms with Crippen LogP contribution >= 0.6 is 0 Å². The summed E-state index contributed by atoms with van der Waals surface area (Å²) in [5.41, 5.74) is 2.92. The first-order valence-electron chi connectivity index (χ1n) is 10.7. The number of carbonyl (C=O) groups is 2. The van der Waals surface area contributed by atoms with E-state index in [0.717, 1.165) is 13.1 Å². The Morgan fingerprint density at radius 1 is 0.969 bits per heavy atom. The predicted octanol–water partition coefficient (Wildman–Crippen LogP) is 2.79. The lowest BCUT2D eigenvalue weighted by Gasteiger charge is -2.36. The van der Waals surface area contributed by atoms with Gasteiger partial charge >= 0.3 is 0 Å². The summed E-state index contributed by atoms with van der Waals surface area (Å²) in [6.45, 7) is 4.98. The summed E-state index contributed by atoms with van der Waals surface area (Å²) in [7, 11) is 0. The monoisotopic (exact) mass is 435 g/mol. The fourth-order valence-electron chi connectivity index (χ4n) is 3.86. The number of rotatable bonds is 6. The van der Waals surface area contributed by atoms with E-state index in [9.17, 15) is 14.0 Å². The molecule has 7 nitrogen and oxygen atoms in total. The Morgan fingerprint density at radius 2 is 1.66 bits per heavy atom. The fourth-order valence-corrected chi connectivity index (χ4v) is 3.86. The number of amides is 2. The average molecular weight is 436 g/mol. The van der Waals surface area contributed by atoms with Crippen LogP contribution < -0.4 is 10.2 Å². The SMILES string of the molecule is Cc1c(C(=O)NCCC(=O)N2CCN(c3ccccc3)CC2)cnn1-c1ccc(F)cc1. The molecule has 4 rings (SSSR count). The van der Waals surface area contributed by atoms with Gasteiger partial charge in [-0.3, -0.25) is 9.59 Å². The van der Waals surface area contributed by atoms with E-state index >= 15 is 0 Å². The number of hydrogen-bond acceptors (Lipinski definition) is 4. The van der Waals surface area contributed by atoms with Crippen LogP contribution in [0.3, 0.4) is 0 Å². The van der Waals surface area contributed by atoms with E-state index in [0.29, 0.717) is 30.0 Å². The van der Waals surface area contributed by atoms with E-state index in [2.05, 4.69) is 27.4 Å². The smallest absolute Gasteiger partial charge is 0.254 e. The van der Waals surface area contributed by atoms with E-state index in [1.165, 1.54) is 24.0 Å². The highest BCUT2D eigenvalue weighted by atomic mass is 19.1. The number of halogens is 1. The van der Waals surface area contributed by atoms with Crippen LogP contribution in [-0.2, 0) is 4.79 Å². The van der Waals surface area contributed by atoms with Crippen molar-refractivity contribution < 1.29 is 14.0 Å². The van der Waals surface area contributed by atoms with Crippen LogP contribution in [0.4, 0.5) is 10.1 Å². The van der Waals surface area contributed by atoms with Gasteiger partial charge in [-0.05, 0) is 43.3 Å². The number of anilines is 1. The lowest BCUT2D eigenvalue weighted by Crippen LogP contribution is -2.49. The van der Waals surface area contributed by atoms with Crippen molar-refractivity contribution in [2.75, 3.05) is 37.6 Å². The van der Waals surface area contributed by atoms with Crippen molar-refractivity contribution in [3.63, 3.8) is 0 Å². The molecule has 2 amide bonds. The molecule has 3 aromatic rings. The number of aromatic nitrogens is 2. The van der Waals surface area contributed by atoms with Gasteiger partial charge in [-0.2, -0.15) is 5.10 Å². The molecule has 0 unspecified atom stereocenters.